The van der Waals surface area contributed by atoms with Gasteiger partial charge in [0.1, 0.15) is 0 Å². The van der Waals surface area contributed by atoms with Crippen LogP contribution in [0.1, 0.15) is 28.8 Å². The maximum Gasteiger partial charge on any atom is 0.258 e. The van der Waals surface area contributed by atoms with Gasteiger partial charge in [-0.05, 0) is 77.7 Å². The van der Waals surface area contributed by atoms with Crippen molar-refractivity contribution in [2.24, 2.45) is 0 Å². The molecule has 0 aliphatic carbocycles. The Kier molecular flexibility index (Phi) is 4.05. The van der Waals surface area contributed by atoms with Crippen molar-refractivity contribution in [3.8, 4) is 0 Å². The van der Waals surface area contributed by atoms with Gasteiger partial charge in [-0.2, -0.15) is 0 Å². The summed E-state index contributed by atoms with van der Waals surface area (Å²) >= 11 is 2.26. The third-order valence-corrected chi connectivity index (χ3v) is 4.42. The minimum atomic E-state index is 0.107. The number of para-hydroxylation sites is 1. The Morgan fingerprint density at radius 1 is 1.00 bits per heavy atom. The molecule has 0 unspecified atom stereocenters. The lowest BCUT2D eigenvalue weighted by Gasteiger charge is -2.23. The Morgan fingerprint density at radius 2 is 1.75 bits per heavy atom. The van der Waals surface area contributed by atoms with Crippen LogP contribution < -0.4 is 4.90 Å². The molecule has 2 aromatic carbocycles. The zero-order valence-electron chi connectivity index (χ0n) is 11.2. The first-order valence-corrected chi connectivity index (χ1v) is 7.99. The molecular formula is C17H16INO. The van der Waals surface area contributed by atoms with Gasteiger partial charge >= 0.3 is 0 Å². The Balaban J connectivity index is 1.97. The molecule has 0 aromatic heterocycles. The van der Waals surface area contributed by atoms with Crippen LogP contribution >= 0.6 is 22.6 Å². The van der Waals surface area contributed by atoms with Crippen molar-refractivity contribution >= 4 is 34.2 Å². The number of hydrogen-bond donors (Lipinski definition) is 0. The number of benzene rings is 2. The van der Waals surface area contributed by atoms with Crippen LogP contribution in [0.5, 0.6) is 0 Å². The van der Waals surface area contributed by atoms with E-state index in [1.807, 2.05) is 35.2 Å². The molecule has 1 aliphatic rings. The van der Waals surface area contributed by atoms with E-state index in [9.17, 15) is 4.79 Å². The lowest BCUT2D eigenvalue weighted by Crippen LogP contribution is -2.31. The summed E-state index contributed by atoms with van der Waals surface area (Å²) in [5.74, 6) is 0.107. The molecule has 20 heavy (non-hydrogen) atoms. The highest BCUT2D eigenvalue weighted by atomic mass is 127. The van der Waals surface area contributed by atoms with Gasteiger partial charge in [0.2, 0.25) is 0 Å². The third kappa shape index (κ3) is 2.73. The molecule has 0 N–H and O–H groups in total. The molecule has 1 heterocycles. The average Bonchev–Trinajstić information content (AvgIpc) is 2.69. The monoisotopic (exact) mass is 377 g/mol. The predicted molar refractivity (Wildman–Crippen MR) is 90.2 cm³/mol. The van der Waals surface area contributed by atoms with Crippen molar-refractivity contribution in [2.75, 3.05) is 11.4 Å². The number of carbonyl (C=O) groups is 1. The molecular weight excluding hydrogens is 361 g/mol. The summed E-state index contributed by atoms with van der Waals surface area (Å²) in [7, 11) is 0. The quantitative estimate of drug-likeness (QED) is 0.680. The van der Waals surface area contributed by atoms with Crippen LogP contribution in [-0.2, 0) is 6.42 Å². The van der Waals surface area contributed by atoms with Gasteiger partial charge in [-0.1, -0.05) is 18.2 Å². The number of hydrogen-bond acceptors (Lipinski definition) is 1. The lowest BCUT2D eigenvalue weighted by molar-refractivity contribution is 0.0987. The summed E-state index contributed by atoms with van der Waals surface area (Å²) in [6.07, 6.45) is 3.27. The first kappa shape index (κ1) is 13.6. The van der Waals surface area contributed by atoms with Crippen LogP contribution in [0.15, 0.2) is 48.5 Å². The predicted octanol–water partition coefficient (Wildman–Crippen LogP) is 4.27. The zero-order chi connectivity index (χ0) is 13.9. The van der Waals surface area contributed by atoms with E-state index in [1.165, 1.54) is 5.56 Å². The standard InChI is InChI=1S/C17H16INO/c18-15-10-8-14(9-11-15)17(20)19-12-4-3-6-13-5-1-2-7-16(13)19/h1-2,5,7-11H,3-4,6,12H2. The van der Waals surface area contributed by atoms with Gasteiger partial charge in [0, 0.05) is 21.4 Å². The first-order chi connectivity index (χ1) is 9.75. The van der Waals surface area contributed by atoms with Gasteiger partial charge < -0.3 is 4.90 Å². The van der Waals surface area contributed by atoms with Gasteiger partial charge in [-0.15, -0.1) is 0 Å². The Bertz CT molecular complexity index is 621. The van der Waals surface area contributed by atoms with Gasteiger partial charge in [0.05, 0.1) is 0 Å². The minimum absolute atomic E-state index is 0.107. The largest absolute Gasteiger partial charge is 0.308 e. The second kappa shape index (κ2) is 5.95. The van der Waals surface area contributed by atoms with Crippen LogP contribution in [0.3, 0.4) is 0 Å². The van der Waals surface area contributed by atoms with Crippen molar-refractivity contribution in [1.82, 2.24) is 0 Å². The smallest absolute Gasteiger partial charge is 0.258 e. The number of anilines is 1. The van der Waals surface area contributed by atoms with Crippen molar-refractivity contribution in [3.05, 3.63) is 63.2 Å². The Morgan fingerprint density at radius 3 is 2.55 bits per heavy atom. The fraction of sp³-hybridized carbons (Fsp3) is 0.235. The topological polar surface area (TPSA) is 20.3 Å². The maximum atomic E-state index is 12.8. The van der Waals surface area contributed by atoms with Crippen molar-refractivity contribution in [1.29, 1.82) is 0 Å². The van der Waals surface area contributed by atoms with Crippen LogP contribution in [-0.4, -0.2) is 12.5 Å². The number of carbonyl (C=O) groups excluding carboxylic acids is 1. The van der Waals surface area contributed by atoms with Gasteiger partial charge in [-0.25, -0.2) is 0 Å². The summed E-state index contributed by atoms with van der Waals surface area (Å²) < 4.78 is 1.15. The van der Waals surface area contributed by atoms with Crippen LogP contribution in [0.2, 0.25) is 0 Å². The van der Waals surface area contributed by atoms with Gasteiger partial charge in [0.25, 0.3) is 5.91 Å². The molecule has 3 rings (SSSR count). The van der Waals surface area contributed by atoms with Crippen molar-refractivity contribution in [3.63, 3.8) is 0 Å². The molecule has 3 heteroatoms. The molecule has 0 bridgehead atoms. The van der Waals surface area contributed by atoms with E-state index in [-0.39, 0.29) is 5.91 Å². The molecule has 0 saturated heterocycles. The second-order valence-electron chi connectivity index (χ2n) is 5.05. The van der Waals surface area contributed by atoms with Crippen molar-refractivity contribution in [2.45, 2.75) is 19.3 Å². The molecule has 0 fully saturated rings. The zero-order valence-corrected chi connectivity index (χ0v) is 13.3. The highest BCUT2D eigenvalue weighted by Gasteiger charge is 2.21. The summed E-state index contributed by atoms with van der Waals surface area (Å²) in [6, 6.07) is 16.1. The van der Waals surface area contributed by atoms with E-state index in [0.717, 1.165) is 40.6 Å². The van der Waals surface area contributed by atoms with E-state index in [0.29, 0.717) is 0 Å². The van der Waals surface area contributed by atoms with Crippen LogP contribution in [0.25, 0.3) is 0 Å². The molecule has 2 aromatic rings. The highest BCUT2D eigenvalue weighted by molar-refractivity contribution is 14.1. The van der Waals surface area contributed by atoms with Crippen LogP contribution in [0.4, 0.5) is 5.69 Å². The SMILES string of the molecule is O=C(c1ccc(I)cc1)N1CCCCc2ccccc21. The Hall–Kier alpha value is -1.36. The summed E-state index contributed by atoms with van der Waals surface area (Å²) in [4.78, 5) is 14.7. The molecule has 2 nitrogen and oxygen atoms in total. The minimum Gasteiger partial charge on any atom is -0.308 e. The number of fused-ring (bicyclic) bond motifs is 1. The second-order valence-corrected chi connectivity index (χ2v) is 6.30. The van der Waals surface area contributed by atoms with Crippen molar-refractivity contribution < 1.29 is 4.79 Å². The number of rotatable bonds is 1. The van der Waals surface area contributed by atoms with Gasteiger partial charge in [0.15, 0.2) is 0 Å². The molecule has 0 atom stereocenters. The van der Waals surface area contributed by atoms with E-state index < -0.39 is 0 Å². The van der Waals surface area contributed by atoms with E-state index >= 15 is 0 Å². The molecule has 1 amide bonds. The maximum absolute atomic E-state index is 12.8. The molecule has 0 spiro atoms. The molecule has 0 radical (unpaired) electrons. The fourth-order valence-corrected chi connectivity index (χ4v) is 3.01. The number of aryl methyl sites for hydroxylation is 1. The molecule has 0 saturated carbocycles. The van der Waals surface area contributed by atoms with E-state index in [1.54, 1.807) is 0 Å². The number of nitrogens with zero attached hydrogens (tertiary/aromatic N) is 1. The molecule has 102 valence electrons. The fourth-order valence-electron chi connectivity index (χ4n) is 2.65. The number of halogens is 1. The van der Waals surface area contributed by atoms with E-state index in [4.69, 9.17) is 0 Å². The normalized spacial score (nSPS) is 14.6. The van der Waals surface area contributed by atoms with Gasteiger partial charge in [-0.3, -0.25) is 4.79 Å². The average molecular weight is 377 g/mol. The molecule has 1 aliphatic heterocycles. The van der Waals surface area contributed by atoms with Crippen LogP contribution in [0, 0.1) is 3.57 Å². The third-order valence-electron chi connectivity index (χ3n) is 3.70. The summed E-state index contributed by atoms with van der Waals surface area (Å²) in [5, 5.41) is 0. The summed E-state index contributed by atoms with van der Waals surface area (Å²) in [6.45, 7) is 0.807. The Labute approximate surface area is 132 Å². The highest BCUT2D eigenvalue weighted by Crippen LogP contribution is 2.27. The first-order valence-electron chi connectivity index (χ1n) is 6.91. The number of amides is 1. The summed E-state index contributed by atoms with van der Waals surface area (Å²) in [5.41, 5.74) is 3.12. The lowest BCUT2D eigenvalue weighted by atomic mass is 10.1. The van der Waals surface area contributed by atoms with E-state index in [2.05, 4.69) is 40.8 Å².